The number of benzene rings is 2. The van der Waals surface area contributed by atoms with Gasteiger partial charge >= 0.3 is 0 Å². The van der Waals surface area contributed by atoms with Crippen molar-refractivity contribution in [2.75, 3.05) is 6.54 Å². The smallest absolute Gasteiger partial charge is 0.0900 e. The van der Waals surface area contributed by atoms with Gasteiger partial charge in [0.1, 0.15) is 0 Å². The van der Waals surface area contributed by atoms with Crippen LogP contribution in [0, 0.1) is 0 Å². The van der Waals surface area contributed by atoms with Crippen molar-refractivity contribution in [1.82, 2.24) is 0 Å². The molecular weight excluding hydrogens is 352 g/mol. The van der Waals surface area contributed by atoms with Crippen LogP contribution in [0.4, 0.5) is 0 Å². The average molecular weight is 365 g/mol. The van der Waals surface area contributed by atoms with Crippen LogP contribution in [0.1, 0.15) is 23.1 Å². The number of hydrogen-bond acceptors (Lipinski definition) is 2. The zero-order valence-electron chi connectivity index (χ0n) is 10.9. The van der Waals surface area contributed by atoms with Gasteiger partial charge in [-0.15, -0.1) is 0 Å². The summed E-state index contributed by atoms with van der Waals surface area (Å²) in [7, 11) is 0. The summed E-state index contributed by atoms with van der Waals surface area (Å²) >= 11 is 24.4. The Morgan fingerprint density at radius 2 is 1.57 bits per heavy atom. The molecule has 0 aliphatic carbocycles. The van der Waals surface area contributed by atoms with Crippen LogP contribution in [0.2, 0.25) is 20.1 Å². The minimum absolute atomic E-state index is 0.185. The molecule has 0 saturated carbocycles. The maximum absolute atomic E-state index is 10.6. The lowest BCUT2D eigenvalue weighted by Crippen LogP contribution is -2.21. The van der Waals surface area contributed by atoms with Crippen molar-refractivity contribution in [2.24, 2.45) is 5.73 Å². The second-order valence-electron chi connectivity index (χ2n) is 4.59. The molecule has 0 radical (unpaired) electrons. The lowest BCUT2D eigenvalue weighted by atomic mass is 9.89. The molecule has 0 spiro atoms. The Morgan fingerprint density at radius 3 is 2.10 bits per heavy atom. The van der Waals surface area contributed by atoms with Gasteiger partial charge in [-0.2, -0.15) is 0 Å². The molecule has 0 amide bonds. The van der Waals surface area contributed by atoms with E-state index in [0.717, 1.165) is 0 Å². The molecule has 6 heteroatoms. The van der Waals surface area contributed by atoms with Gasteiger partial charge in [-0.25, -0.2) is 0 Å². The van der Waals surface area contributed by atoms with E-state index >= 15 is 0 Å². The molecule has 0 aliphatic heterocycles. The van der Waals surface area contributed by atoms with E-state index in [1.807, 2.05) is 0 Å². The summed E-state index contributed by atoms with van der Waals surface area (Å²) in [5.74, 6) is -0.438. The van der Waals surface area contributed by atoms with Crippen molar-refractivity contribution >= 4 is 46.4 Å². The van der Waals surface area contributed by atoms with E-state index in [4.69, 9.17) is 52.1 Å². The predicted molar refractivity (Wildman–Crippen MR) is 89.7 cm³/mol. The molecule has 2 aromatic carbocycles. The topological polar surface area (TPSA) is 46.2 Å². The van der Waals surface area contributed by atoms with Gasteiger partial charge in [0.05, 0.1) is 6.10 Å². The van der Waals surface area contributed by atoms with Gasteiger partial charge in [0.25, 0.3) is 0 Å². The Labute approximate surface area is 143 Å². The van der Waals surface area contributed by atoms with Crippen LogP contribution in [0.15, 0.2) is 36.4 Å². The van der Waals surface area contributed by atoms with E-state index in [0.29, 0.717) is 31.2 Å². The minimum atomic E-state index is -0.963. The predicted octanol–water partition coefficient (Wildman–Crippen LogP) is 5.08. The summed E-state index contributed by atoms with van der Waals surface area (Å²) < 4.78 is 0. The zero-order chi connectivity index (χ0) is 15.6. The summed E-state index contributed by atoms with van der Waals surface area (Å²) in [5.41, 5.74) is 6.96. The third-order valence-electron chi connectivity index (χ3n) is 3.29. The standard InChI is InChI=1S/C15H13Cl4NO/c16-8-4-5-9(13(19)6-8)10(7-20)15(21)14-11(17)2-1-3-12(14)18/h1-6,10,15,21H,7,20H2. The number of nitrogens with two attached hydrogens (primary N) is 1. The number of aliphatic hydroxyl groups excluding tert-OH is 1. The molecule has 0 bridgehead atoms. The summed E-state index contributed by atoms with van der Waals surface area (Å²) in [6.45, 7) is 0.185. The summed E-state index contributed by atoms with van der Waals surface area (Å²) in [4.78, 5) is 0. The molecule has 0 fully saturated rings. The highest BCUT2D eigenvalue weighted by Gasteiger charge is 2.27. The fraction of sp³-hybridized carbons (Fsp3) is 0.200. The molecule has 3 N–H and O–H groups in total. The largest absolute Gasteiger partial charge is 0.388 e. The van der Waals surface area contributed by atoms with Gasteiger partial charge < -0.3 is 10.8 Å². The fourth-order valence-corrected chi connectivity index (χ4v) is 3.39. The van der Waals surface area contributed by atoms with E-state index in [1.54, 1.807) is 36.4 Å². The molecule has 2 unspecified atom stereocenters. The molecule has 0 heterocycles. The molecule has 112 valence electrons. The maximum atomic E-state index is 10.6. The Morgan fingerprint density at radius 1 is 0.952 bits per heavy atom. The van der Waals surface area contributed by atoms with Gasteiger partial charge in [0, 0.05) is 38.1 Å². The number of rotatable bonds is 4. The van der Waals surface area contributed by atoms with Gasteiger partial charge in [0.15, 0.2) is 0 Å². The highest BCUT2D eigenvalue weighted by Crippen LogP contribution is 2.40. The summed E-state index contributed by atoms with van der Waals surface area (Å²) in [5, 5.41) is 12.4. The van der Waals surface area contributed by atoms with Crippen LogP contribution in [-0.4, -0.2) is 11.7 Å². The van der Waals surface area contributed by atoms with Gasteiger partial charge in [-0.05, 0) is 29.8 Å². The SMILES string of the molecule is NCC(c1ccc(Cl)cc1Cl)C(O)c1c(Cl)cccc1Cl. The molecule has 0 saturated heterocycles. The average Bonchev–Trinajstić information content (AvgIpc) is 2.41. The molecule has 2 atom stereocenters. The van der Waals surface area contributed by atoms with Gasteiger partial charge in [-0.3, -0.25) is 0 Å². The van der Waals surface area contributed by atoms with Crippen molar-refractivity contribution in [3.8, 4) is 0 Å². The molecule has 0 aromatic heterocycles. The second kappa shape index (κ2) is 7.19. The number of halogens is 4. The molecule has 2 aromatic rings. The van der Waals surface area contributed by atoms with Crippen LogP contribution in [-0.2, 0) is 0 Å². The lowest BCUT2D eigenvalue weighted by Gasteiger charge is -2.25. The lowest BCUT2D eigenvalue weighted by molar-refractivity contribution is 0.147. The summed E-state index contributed by atoms with van der Waals surface area (Å²) in [6.07, 6.45) is -0.963. The van der Waals surface area contributed by atoms with Crippen molar-refractivity contribution in [3.05, 3.63) is 67.6 Å². The molecule has 0 aliphatic rings. The summed E-state index contributed by atoms with van der Waals surface area (Å²) in [6, 6.07) is 10.1. The van der Waals surface area contributed by atoms with Crippen LogP contribution >= 0.6 is 46.4 Å². The van der Waals surface area contributed by atoms with Crippen LogP contribution in [0.5, 0.6) is 0 Å². The minimum Gasteiger partial charge on any atom is -0.388 e. The van der Waals surface area contributed by atoms with Crippen molar-refractivity contribution in [1.29, 1.82) is 0 Å². The van der Waals surface area contributed by atoms with Gasteiger partial charge in [0.2, 0.25) is 0 Å². The van der Waals surface area contributed by atoms with Crippen molar-refractivity contribution in [2.45, 2.75) is 12.0 Å². The zero-order valence-corrected chi connectivity index (χ0v) is 13.9. The molecule has 2 nitrogen and oxygen atoms in total. The van der Waals surface area contributed by atoms with Crippen molar-refractivity contribution in [3.63, 3.8) is 0 Å². The molecule has 2 rings (SSSR count). The van der Waals surface area contributed by atoms with E-state index in [9.17, 15) is 5.11 Å². The van der Waals surface area contributed by atoms with E-state index in [1.165, 1.54) is 0 Å². The molecular formula is C15H13Cl4NO. The maximum Gasteiger partial charge on any atom is 0.0900 e. The highest BCUT2D eigenvalue weighted by molar-refractivity contribution is 6.36. The highest BCUT2D eigenvalue weighted by atomic mass is 35.5. The van der Waals surface area contributed by atoms with Gasteiger partial charge in [-0.1, -0.05) is 58.5 Å². The Bertz CT molecular complexity index is 627. The Kier molecular flexibility index (Phi) is 5.78. The third kappa shape index (κ3) is 3.65. The third-order valence-corrected chi connectivity index (χ3v) is 4.51. The van der Waals surface area contributed by atoms with Crippen molar-refractivity contribution < 1.29 is 5.11 Å². The van der Waals surface area contributed by atoms with Crippen LogP contribution in [0.3, 0.4) is 0 Å². The first-order valence-electron chi connectivity index (χ1n) is 6.22. The first-order valence-corrected chi connectivity index (χ1v) is 7.74. The van der Waals surface area contributed by atoms with E-state index < -0.39 is 12.0 Å². The normalized spacial score (nSPS) is 14.0. The monoisotopic (exact) mass is 363 g/mol. The number of aliphatic hydroxyl groups is 1. The van der Waals surface area contributed by atoms with Crippen LogP contribution < -0.4 is 5.73 Å². The van der Waals surface area contributed by atoms with Crippen LogP contribution in [0.25, 0.3) is 0 Å². The quantitative estimate of drug-likeness (QED) is 0.794. The first kappa shape index (κ1) is 16.9. The van der Waals surface area contributed by atoms with E-state index in [2.05, 4.69) is 0 Å². The second-order valence-corrected chi connectivity index (χ2v) is 6.25. The Hall–Kier alpha value is -0.480. The molecule has 21 heavy (non-hydrogen) atoms. The number of hydrogen-bond donors (Lipinski definition) is 2. The van der Waals surface area contributed by atoms with E-state index in [-0.39, 0.29) is 6.54 Å². The Balaban J connectivity index is 2.46. The first-order chi connectivity index (χ1) is 9.95. The fourth-order valence-electron chi connectivity index (χ4n) is 2.22.